The second-order valence-electron chi connectivity index (χ2n) is 2.54. The number of nitrogens with zero attached hydrogens (tertiary/aromatic N) is 1. The third-order valence-electron chi connectivity index (χ3n) is 1.29. The van der Waals surface area contributed by atoms with Crippen molar-refractivity contribution in [2.75, 3.05) is 6.61 Å². The molecule has 0 N–H and O–H groups in total. The monoisotopic (exact) mass is 221 g/mol. The maximum Gasteiger partial charge on any atom is 0.422 e. The van der Waals surface area contributed by atoms with Crippen LogP contribution in [0.3, 0.4) is 0 Å². The Morgan fingerprint density at radius 1 is 1.27 bits per heavy atom. The molecule has 2 nitrogen and oxygen atoms in total. The summed E-state index contributed by atoms with van der Waals surface area (Å²) in [5, 5.41) is 0. The Morgan fingerprint density at radius 2 is 1.87 bits per heavy atom. The van der Waals surface area contributed by atoms with E-state index >= 15 is 0 Å². The molecule has 15 heavy (non-hydrogen) atoms. The van der Waals surface area contributed by atoms with Crippen LogP contribution in [0.2, 0.25) is 0 Å². The second kappa shape index (κ2) is 6.27. The van der Waals surface area contributed by atoms with Crippen LogP contribution in [-0.2, 0) is 0 Å². The molecule has 0 amide bonds. The molecule has 0 saturated carbocycles. The van der Waals surface area contributed by atoms with Crippen LogP contribution in [0.25, 0.3) is 0 Å². The Hall–Kier alpha value is -1.26. The summed E-state index contributed by atoms with van der Waals surface area (Å²) in [5.74, 6) is 0.128. The van der Waals surface area contributed by atoms with E-state index < -0.39 is 12.8 Å². The highest BCUT2D eigenvalue weighted by atomic mass is 19.4. The van der Waals surface area contributed by atoms with Gasteiger partial charge in [0.15, 0.2) is 6.61 Å². The van der Waals surface area contributed by atoms with Gasteiger partial charge in [-0.15, -0.1) is 0 Å². The highest BCUT2D eigenvalue weighted by Crippen LogP contribution is 2.17. The number of halogens is 3. The van der Waals surface area contributed by atoms with Crippen molar-refractivity contribution in [3.63, 3.8) is 0 Å². The van der Waals surface area contributed by atoms with Crippen molar-refractivity contribution in [3.8, 4) is 5.75 Å². The van der Waals surface area contributed by atoms with Gasteiger partial charge < -0.3 is 4.74 Å². The molecule has 0 fully saturated rings. The summed E-state index contributed by atoms with van der Waals surface area (Å²) >= 11 is 0. The molecule has 0 unspecified atom stereocenters. The fraction of sp³-hybridized carbons (Fsp3) is 0.500. The normalized spacial score (nSPS) is 10.3. The van der Waals surface area contributed by atoms with Crippen molar-refractivity contribution in [2.45, 2.75) is 26.9 Å². The van der Waals surface area contributed by atoms with E-state index in [4.69, 9.17) is 0 Å². The summed E-state index contributed by atoms with van der Waals surface area (Å²) in [7, 11) is 0. The number of pyridine rings is 1. The van der Waals surface area contributed by atoms with Crippen molar-refractivity contribution >= 4 is 0 Å². The number of ether oxygens (including phenoxy) is 1. The van der Waals surface area contributed by atoms with E-state index in [1.54, 1.807) is 13.0 Å². The molecule has 1 heterocycles. The molecule has 1 aromatic rings. The zero-order valence-electron chi connectivity index (χ0n) is 8.93. The molecule has 1 rings (SSSR count). The first-order valence-electron chi connectivity index (χ1n) is 4.59. The van der Waals surface area contributed by atoms with Gasteiger partial charge in [-0.05, 0) is 19.1 Å². The minimum Gasteiger partial charge on any atom is -0.483 e. The molecular weight excluding hydrogens is 207 g/mol. The molecule has 0 aliphatic rings. The molecule has 0 aromatic carbocycles. The lowest BCUT2D eigenvalue weighted by molar-refractivity contribution is -0.153. The van der Waals surface area contributed by atoms with Crippen LogP contribution in [0.1, 0.15) is 19.5 Å². The van der Waals surface area contributed by atoms with Crippen LogP contribution in [0.4, 0.5) is 13.2 Å². The molecule has 0 radical (unpaired) electrons. The van der Waals surface area contributed by atoms with E-state index in [0.717, 1.165) is 5.69 Å². The van der Waals surface area contributed by atoms with E-state index in [1.807, 2.05) is 13.8 Å². The molecule has 5 heteroatoms. The van der Waals surface area contributed by atoms with Gasteiger partial charge in [0.05, 0.1) is 6.20 Å². The Balaban J connectivity index is 0.000000921. The Kier molecular flexibility index (Phi) is 5.74. The zero-order valence-corrected chi connectivity index (χ0v) is 8.93. The number of alkyl halides is 3. The first-order chi connectivity index (χ1) is 6.97. The third-order valence-corrected chi connectivity index (χ3v) is 1.29. The van der Waals surface area contributed by atoms with Gasteiger partial charge in [0, 0.05) is 5.69 Å². The number of hydrogen-bond donors (Lipinski definition) is 0. The molecule has 0 spiro atoms. The van der Waals surface area contributed by atoms with Crippen LogP contribution >= 0.6 is 0 Å². The largest absolute Gasteiger partial charge is 0.483 e. The van der Waals surface area contributed by atoms with Crippen molar-refractivity contribution < 1.29 is 17.9 Å². The molecule has 1 aromatic heterocycles. The molecule has 0 aliphatic carbocycles. The number of rotatable bonds is 2. The van der Waals surface area contributed by atoms with E-state index in [2.05, 4.69) is 9.72 Å². The summed E-state index contributed by atoms with van der Waals surface area (Å²) in [5.41, 5.74) is 0.736. The van der Waals surface area contributed by atoms with Crippen molar-refractivity contribution in [2.24, 2.45) is 0 Å². The van der Waals surface area contributed by atoms with Gasteiger partial charge >= 0.3 is 6.18 Å². The summed E-state index contributed by atoms with van der Waals surface area (Å²) in [6.45, 7) is 4.46. The van der Waals surface area contributed by atoms with Gasteiger partial charge in [0.25, 0.3) is 0 Å². The standard InChI is InChI=1S/C8H8F3NO.C2H6/c1-6-2-3-7(4-12-6)13-5-8(9,10)11;1-2/h2-4H,5H2,1H3;1-2H3. The molecular formula is C10H14F3NO. The lowest BCUT2D eigenvalue weighted by atomic mass is 10.4. The van der Waals surface area contributed by atoms with Gasteiger partial charge in [-0.3, -0.25) is 4.98 Å². The highest BCUT2D eigenvalue weighted by molar-refractivity contribution is 5.19. The van der Waals surface area contributed by atoms with E-state index in [9.17, 15) is 13.2 Å². The van der Waals surface area contributed by atoms with Crippen molar-refractivity contribution in [1.82, 2.24) is 4.98 Å². The second-order valence-corrected chi connectivity index (χ2v) is 2.54. The zero-order chi connectivity index (χ0) is 11.9. The Morgan fingerprint density at radius 3 is 2.27 bits per heavy atom. The molecule has 0 bridgehead atoms. The van der Waals surface area contributed by atoms with E-state index in [0.29, 0.717) is 0 Å². The summed E-state index contributed by atoms with van der Waals surface area (Å²) in [6, 6.07) is 3.04. The van der Waals surface area contributed by atoms with E-state index in [-0.39, 0.29) is 5.75 Å². The summed E-state index contributed by atoms with van der Waals surface area (Å²) in [4.78, 5) is 3.79. The van der Waals surface area contributed by atoms with E-state index in [1.165, 1.54) is 12.3 Å². The first kappa shape index (κ1) is 13.7. The SMILES string of the molecule is CC.Cc1ccc(OCC(F)(F)F)cn1. The average Bonchev–Trinajstić information content (AvgIpc) is 2.19. The Bertz CT molecular complexity index is 269. The summed E-state index contributed by atoms with van der Waals surface area (Å²) < 4.78 is 39.5. The number of aryl methyl sites for hydroxylation is 1. The molecule has 86 valence electrons. The number of hydrogen-bond acceptors (Lipinski definition) is 2. The van der Waals surface area contributed by atoms with Crippen molar-refractivity contribution in [3.05, 3.63) is 24.0 Å². The first-order valence-corrected chi connectivity index (χ1v) is 4.59. The van der Waals surface area contributed by atoms with Crippen LogP contribution in [0.5, 0.6) is 5.75 Å². The van der Waals surface area contributed by atoms with Gasteiger partial charge in [0.2, 0.25) is 0 Å². The maximum atomic E-state index is 11.7. The average molecular weight is 221 g/mol. The highest BCUT2D eigenvalue weighted by Gasteiger charge is 2.28. The van der Waals surface area contributed by atoms with Gasteiger partial charge in [0.1, 0.15) is 5.75 Å². The van der Waals surface area contributed by atoms with Crippen molar-refractivity contribution in [1.29, 1.82) is 0 Å². The fourth-order valence-corrected chi connectivity index (χ4v) is 0.705. The smallest absolute Gasteiger partial charge is 0.422 e. The van der Waals surface area contributed by atoms with Gasteiger partial charge in [-0.25, -0.2) is 0 Å². The Labute approximate surface area is 87.1 Å². The number of aromatic nitrogens is 1. The lowest BCUT2D eigenvalue weighted by Gasteiger charge is -2.08. The van der Waals surface area contributed by atoms with Gasteiger partial charge in [-0.2, -0.15) is 13.2 Å². The predicted molar refractivity (Wildman–Crippen MR) is 51.9 cm³/mol. The quantitative estimate of drug-likeness (QED) is 0.764. The summed E-state index contributed by atoms with van der Waals surface area (Å²) in [6.07, 6.45) is -3.04. The molecule has 0 atom stereocenters. The van der Waals surface area contributed by atoms with Gasteiger partial charge in [-0.1, -0.05) is 13.8 Å². The minimum absolute atomic E-state index is 0.128. The van der Waals surface area contributed by atoms with Crippen LogP contribution < -0.4 is 4.74 Å². The van der Waals surface area contributed by atoms with Crippen LogP contribution in [0.15, 0.2) is 18.3 Å². The molecule has 0 saturated heterocycles. The minimum atomic E-state index is -4.30. The topological polar surface area (TPSA) is 22.1 Å². The fourth-order valence-electron chi connectivity index (χ4n) is 0.705. The third kappa shape index (κ3) is 6.76. The van der Waals surface area contributed by atoms with Crippen LogP contribution in [0, 0.1) is 6.92 Å². The van der Waals surface area contributed by atoms with Crippen LogP contribution in [-0.4, -0.2) is 17.8 Å². The maximum absolute atomic E-state index is 11.7. The molecule has 0 aliphatic heterocycles. The lowest BCUT2D eigenvalue weighted by Crippen LogP contribution is -2.19. The predicted octanol–water partition coefficient (Wildman–Crippen LogP) is 3.36.